The Kier molecular flexibility index (Phi) is 6.86. The first-order valence-electron chi connectivity index (χ1n) is 12.0. The van der Waals surface area contributed by atoms with Gasteiger partial charge in [0.2, 0.25) is 12.3 Å². The van der Waals surface area contributed by atoms with Gasteiger partial charge in [0.15, 0.2) is 17.7 Å². The van der Waals surface area contributed by atoms with E-state index in [1.54, 1.807) is 24.3 Å². The molecule has 0 N–H and O–H groups in total. The molecule has 4 aliphatic rings. The fourth-order valence-electron chi connectivity index (χ4n) is 7.21. The number of pyridine rings is 1. The van der Waals surface area contributed by atoms with Crippen molar-refractivity contribution < 1.29 is 31.1 Å². The summed E-state index contributed by atoms with van der Waals surface area (Å²) in [5, 5.41) is 9.09. The standard InChI is InChI=1S/C28H31N2O2.BrH/c1-19-25(6-3-9-30(19)18-27(32)24-5-2-4-20(13-24)17-29)26(31)7-8-28-14-21-10-22(15-28)12-23(11-21)16-28;/h2-6,9,13,21-23H,7-8,10-12,14-16,18H2,1H3;1H/q+1;/p-1. The lowest BCUT2D eigenvalue weighted by Gasteiger charge is -2.57. The highest BCUT2D eigenvalue weighted by atomic mass is 79.9. The van der Waals surface area contributed by atoms with Crippen LogP contribution >= 0.6 is 0 Å². The number of aromatic nitrogens is 1. The third-order valence-electron chi connectivity index (χ3n) is 8.32. The second-order valence-corrected chi connectivity index (χ2v) is 10.6. The number of hydrogen-bond acceptors (Lipinski definition) is 3. The molecule has 1 aromatic carbocycles. The van der Waals surface area contributed by atoms with Crippen LogP contribution in [0.3, 0.4) is 0 Å². The van der Waals surface area contributed by atoms with E-state index in [9.17, 15) is 9.59 Å². The second-order valence-electron chi connectivity index (χ2n) is 10.6. The van der Waals surface area contributed by atoms with Gasteiger partial charge in [0.1, 0.15) is 0 Å². The van der Waals surface area contributed by atoms with Crippen molar-refractivity contribution in [1.82, 2.24) is 0 Å². The Labute approximate surface area is 206 Å². The van der Waals surface area contributed by atoms with Crippen LogP contribution in [0, 0.1) is 41.4 Å². The second kappa shape index (κ2) is 9.50. The molecule has 0 aliphatic heterocycles. The van der Waals surface area contributed by atoms with Crippen molar-refractivity contribution in [2.45, 2.75) is 64.8 Å². The van der Waals surface area contributed by atoms with Crippen LogP contribution in [-0.2, 0) is 6.54 Å². The fraction of sp³-hybridized carbons (Fsp3) is 0.500. The molecule has 0 amide bonds. The quantitative estimate of drug-likeness (QED) is 0.427. The number of nitrogens with zero attached hydrogens (tertiary/aromatic N) is 2. The average Bonchev–Trinajstić information content (AvgIpc) is 2.78. The molecule has 4 fully saturated rings. The third kappa shape index (κ3) is 4.82. The van der Waals surface area contributed by atoms with Crippen LogP contribution < -0.4 is 21.5 Å². The molecule has 0 spiro atoms. The van der Waals surface area contributed by atoms with Crippen LogP contribution in [0.2, 0.25) is 0 Å². The Hall–Kier alpha value is -2.32. The van der Waals surface area contributed by atoms with Crippen LogP contribution in [0.5, 0.6) is 0 Å². The van der Waals surface area contributed by atoms with Crippen molar-refractivity contribution in [3.63, 3.8) is 0 Å². The maximum Gasteiger partial charge on any atom is 0.227 e. The topological polar surface area (TPSA) is 61.8 Å². The van der Waals surface area contributed by atoms with Gasteiger partial charge in [0.05, 0.1) is 17.2 Å². The summed E-state index contributed by atoms with van der Waals surface area (Å²) in [6, 6.07) is 12.6. The summed E-state index contributed by atoms with van der Waals surface area (Å²) in [6.45, 7) is 2.09. The number of benzene rings is 1. The van der Waals surface area contributed by atoms with Gasteiger partial charge < -0.3 is 17.0 Å². The molecular formula is C28H31BrN2O2. The van der Waals surface area contributed by atoms with E-state index in [2.05, 4.69) is 6.07 Å². The maximum absolute atomic E-state index is 13.2. The van der Waals surface area contributed by atoms with E-state index >= 15 is 0 Å². The van der Waals surface area contributed by atoms with E-state index in [4.69, 9.17) is 5.26 Å². The molecule has 0 atom stereocenters. The summed E-state index contributed by atoms with van der Waals surface area (Å²) in [6.07, 6.45) is 11.8. The molecule has 33 heavy (non-hydrogen) atoms. The molecular weight excluding hydrogens is 476 g/mol. The highest BCUT2D eigenvalue weighted by Crippen LogP contribution is 2.61. The van der Waals surface area contributed by atoms with Gasteiger partial charge in [0, 0.05) is 25.0 Å². The number of carbonyl (C=O) groups excluding carboxylic acids is 2. The molecule has 4 nitrogen and oxygen atoms in total. The van der Waals surface area contributed by atoms with E-state index in [1.165, 1.54) is 38.5 Å². The number of hydrogen-bond donors (Lipinski definition) is 0. The van der Waals surface area contributed by atoms with E-state index < -0.39 is 0 Å². The van der Waals surface area contributed by atoms with Gasteiger partial charge in [-0.25, -0.2) is 0 Å². The third-order valence-corrected chi connectivity index (χ3v) is 8.32. The number of Topliss-reactive ketones (excluding diaryl/α,β-unsaturated/α-hetero) is 2. The van der Waals surface area contributed by atoms with Crippen LogP contribution in [0.1, 0.15) is 83.3 Å². The predicted octanol–water partition coefficient (Wildman–Crippen LogP) is 2.22. The lowest BCUT2D eigenvalue weighted by molar-refractivity contribution is -0.689. The van der Waals surface area contributed by atoms with Gasteiger partial charge in [0.25, 0.3) is 0 Å². The Bertz CT molecular complexity index is 1080. The molecule has 0 unspecified atom stereocenters. The van der Waals surface area contributed by atoms with Crippen molar-refractivity contribution in [3.05, 3.63) is 65.0 Å². The van der Waals surface area contributed by atoms with Gasteiger partial charge >= 0.3 is 0 Å². The normalized spacial score (nSPS) is 27.0. The zero-order chi connectivity index (χ0) is 22.3. The molecule has 4 bridgehead atoms. The molecule has 0 saturated heterocycles. The van der Waals surface area contributed by atoms with Crippen molar-refractivity contribution >= 4 is 11.6 Å². The summed E-state index contributed by atoms with van der Waals surface area (Å²) in [5.41, 5.74) is 2.98. The highest BCUT2D eigenvalue weighted by Gasteiger charge is 2.50. The summed E-state index contributed by atoms with van der Waals surface area (Å²) in [5.74, 6) is 2.85. The van der Waals surface area contributed by atoms with Crippen molar-refractivity contribution in [2.75, 3.05) is 0 Å². The molecule has 4 aliphatic carbocycles. The molecule has 1 aromatic heterocycles. The van der Waals surface area contributed by atoms with E-state index in [-0.39, 0.29) is 35.1 Å². The van der Waals surface area contributed by atoms with Crippen molar-refractivity contribution in [2.24, 2.45) is 23.2 Å². The first-order valence-corrected chi connectivity index (χ1v) is 12.0. The summed E-state index contributed by atoms with van der Waals surface area (Å²) in [7, 11) is 0. The lowest BCUT2D eigenvalue weighted by Crippen LogP contribution is -3.00. The minimum absolute atomic E-state index is 0. The van der Waals surface area contributed by atoms with Crippen LogP contribution in [0.4, 0.5) is 0 Å². The number of carbonyl (C=O) groups is 2. The first-order chi connectivity index (χ1) is 15.4. The van der Waals surface area contributed by atoms with Crippen molar-refractivity contribution in [1.29, 1.82) is 5.26 Å². The van der Waals surface area contributed by atoms with Gasteiger partial charge in [-0.3, -0.25) is 9.59 Å². The van der Waals surface area contributed by atoms with E-state index in [0.717, 1.165) is 35.4 Å². The predicted molar refractivity (Wildman–Crippen MR) is 121 cm³/mol. The van der Waals surface area contributed by atoms with Gasteiger partial charge in [-0.05, 0) is 86.3 Å². The summed E-state index contributed by atoms with van der Waals surface area (Å²) < 4.78 is 1.86. The van der Waals surface area contributed by atoms with Crippen LogP contribution in [0.25, 0.3) is 0 Å². The fourth-order valence-corrected chi connectivity index (χ4v) is 7.21. The first kappa shape index (κ1) is 23.8. The summed E-state index contributed by atoms with van der Waals surface area (Å²) in [4.78, 5) is 26.0. The Morgan fingerprint density at radius 1 is 1.03 bits per heavy atom. The zero-order valence-electron chi connectivity index (χ0n) is 19.2. The monoisotopic (exact) mass is 506 g/mol. The Balaban J connectivity index is 0.00000259. The SMILES string of the molecule is Cc1c(C(=O)CCC23CC4CC(CC(C4)C2)C3)ccc[n+]1CC(=O)c1cccc(C#N)c1.[Br-]. The molecule has 6 rings (SSSR count). The smallest absolute Gasteiger partial charge is 0.227 e. The average molecular weight is 507 g/mol. The number of ketones is 2. The highest BCUT2D eigenvalue weighted by molar-refractivity contribution is 5.97. The van der Waals surface area contributed by atoms with Crippen molar-refractivity contribution in [3.8, 4) is 6.07 Å². The molecule has 0 radical (unpaired) electrons. The van der Waals surface area contributed by atoms with E-state index in [0.29, 0.717) is 23.0 Å². The molecule has 2 aromatic rings. The lowest BCUT2D eigenvalue weighted by atomic mass is 9.48. The molecule has 172 valence electrons. The van der Waals surface area contributed by atoms with Gasteiger partial charge in [-0.2, -0.15) is 9.83 Å². The zero-order valence-corrected chi connectivity index (χ0v) is 20.8. The molecule has 4 saturated carbocycles. The van der Waals surface area contributed by atoms with Crippen LogP contribution in [-0.4, -0.2) is 11.6 Å². The maximum atomic E-state index is 13.2. The minimum Gasteiger partial charge on any atom is -1.00 e. The Morgan fingerprint density at radius 3 is 2.33 bits per heavy atom. The van der Waals surface area contributed by atoms with E-state index in [1.807, 2.05) is 29.8 Å². The number of nitriles is 1. The number of rotatable bonds is 7. The largest absolute Gasteiger partial charge is 1.00 e. The summed E-state index contributed by atoms with van der Waals surface area (Å²) >= 11 is 0. The Morgan fingerprint density at radius 2 is 1.70 bits per heavy atom. The number of halogens is 1. The van der Waals surface area contributed by atoms with Crippen LogP contribution in [0.15, 0.2) is 42.6 Å². The van der Waals surface area contributed by atoms with Gasteiger partial charge in [-0.15, -0.1) is 0 Å². The molecule has 1 heterocycles. The van der Waals surface area contributed by atoms with Gasteiger partial charge in [-0.1, -0.05) is 12.1 Å². The minimum atomic E-state index is -0.0617. The molecule has 5 heteroatoms.